The number of benzene rings is 3. The molecule has 0 radical (unpaired) electrons. The molecule has 31 heavy (non-hydrogen) atoms. The second kappa shape index (κ2) is 11.3. The highest BCUT2D eigenvalue weighted by Gasteiger charge is 2.15. The van der Waals surface area contributed by atoms with Crippen molar-refractivity contribution in [3.05, 3.63) is 94.0 Å². The van der Waals surface area contributed by atoms with Gasteiger partial charge in [-0.05, 0) is 58.2 Å². The minimum Gasteiger partial charge on any atom is -0.492 e. The summed E-state index contributed by atoms with van der Waals surface area (Å²) in [6, 6.07) is 21.8. The summed E-state index contributed by atoms with van der Waals surface area (Å²) in [7, 11) is 0. The van der Waals surface area contributed by atoms with E-state index in [0.29, 0.717) is 40.2 Å². The Hall–Kier alpha value is -3.12. The first kappa shape index (κ1) is 22.6. The van der Waals surface area contributed by atoms with Crippen LogP contribution in [0.3, 0.4) is 0 Å². The van der Waals surface area contributed by atoms with Crippen molar-refractivity contribution in [3.63, 3.8) is 0 Å². The molecule has 3 aromatic carbocycles. The summed E-state index contributed by atoms with van der Waals surface area (Å²) in [4.78, 5) is 25.5. The molecule has 2 amide bonds. The number of ether oxygens (including phenoxy) is 1. The maximum absolute atomic E-state index is 12.8. The third kappa shape index (κ3) is 6.43. The fraction of sp³-hybridized carbons (Fsp3) is 0.200. The average Bonchev–Trinajstić information content (AvgIpc) is 2.79. The van der Waals surface area contributed by atoms with Crippen LogP contribution < -0.4 is 15.4 Å². The molecular weight excluding hydrogens is 456 g/mol. The van der Waals surface area contributed by atoms with E-state index in [0.717, 1.165) is 18.4 Å². The summed E-state index contributed by atoms with van der Waals surface area (Å²) >= 11 is 3.46. The molecule has 0 heterocycles. The fourth-order valence-corrected chi connectivity index (χ4v) is 3.44. The van der Waals surface area contributed by atoms with Gasteiger partial charge in [-0.2, -0.15) is 0 Å². The molecule has 6 heteroatoms. The zero-order valence-corrected chi connectivity index (χ0v) is 18.9. The van der Waals surface area contributed by atoms with Gasteiger partial charge >= 0.3 is 0 Å². The first-order valence-corrected chi connectivity index (χ1v) is 11.0. The van der Waals surface area contributed by atoms with Crippen molar-refractivity contribution in [2.75, 3.05) is 11.9 Å². The number of amides is 2. The van der Waals surface area contributed by atoms with Crippen LogP contribution in [0.15, 0.2) is 77.3 Å². The van der Waals surface area contributed by atoms with Gasteiger partial charge in [0.1, 0.15) is 5.75 Å². The predicted octanol–water partition coefficient (Wildman–Crippen LogP) is 5.81. The van der Waals surface area contributed by atoms with Crippen LogP contribution in [0.2, 0.25) is 0 Å². The van der Waals surface area contributed by atoms with Crippen molar-refractivity contribution in [1.29, 1.82) is 0 Å². The normalized spacial score (nSPS) is 10.4. The predicted molar refractivity (Wildman–Crippen MR) is 127 cm³/mol. The van der Waals surface area contributed by atoms with Crippen molar-refractivity contribution in [2.24, 2.45) is 0 Å². The lowest BCUT2D eigenvalue weighted by Crippen LogP contribution is -2.24. The molecule has 3 aromatic rings. The van der Waals surface area contributed by atoms with Crippen molar-refractivity contribution >= 4 is 33.4 Å². The Kier molecular flexibility index (Phi) is 8.24. The molecule has 0 fully saturated rings. The van der Waals surface area contributed by atoms with Crippen LogP contribution in [0.5, 0.6) is 5.75 Å². The Morgan fingerprint density at radius 2 is 1.68 bits per heavy atom. The van der Waals surface area contributed by atoms with E-state index in [-0.39, 0.29) is 11.8 Å². The summed E-state index contributed by atoms with van der Waals surface area (Å²) in [6.07, 6.45) is 2.02. The van der Waals surface area contributed by atoms with Gasteiger partial charge in [-0.1, -0.05) is 55.8 Å². The molecule has 5 nitrogen and oxygen atoms in total. The molecular formula is C25H25BrN2O3. The van der Waals surface area contributed by atoms with Gasteiger partial charge in [-0.15, -0.1) is 0 Å². The van der Waals surface area contributed by atoms with Gasteiger partial charge in [0, 0.05) is 12.1 Å². The van der Waals surface area contributed by atoms with Gasteiger partial charge < -0.3 is 15.4 Å². The number of halogens is 1. The number of para-hydroxylation sites is 1. The van der Waals surface area contributed by atoms with E-state index in [9.17, 15) is 9.59 Å². The minimum atomic E-state index is -0.302. The largest absolute Gasteiger partial charge is 0.492 e. The van der Waals surface area contributed by atoms with Gasteiger partial charge in [0.25, 0.3) is 11.8 Å². The van der Waals surface area contributed by atoms with Crippen LogP contribution in [0.25, 0.3) is 0 Å². The molecule has 0 aliphatic rings. The first-order valence-electron chi connectivity index (χ1n) is 10.2. The van der Waals surface area contributed by atoms with Gasteiger partial charge in [-0.25, -0.2) is 0 Å². The Morgan fingerprint density at radius 1 is 0.935 bits per heavy atom. The molecule has 0 saturated carbocycles. The number of hydrogen-bond donors (Lipinski definition) is 2. The lowest BCUT2D eigenvalue weighted by Gasteiger charge is -2.13. The number of unbranched alkanes of at least 4 members (excludes halogenated alkanes) is 1. The molecule has 0 aliphatic carbocycles. The zero-order chi connectivity index (χ0) is 22.1. The van der Waals surface area contributed by atoms with Crippen LogP contribution in [0, 0.1) is 0 Å². The summed E-state index contributed by atoms with van der Waals surface area (Å²) in [5, 5.41) is 5.74. The van der Waals surface area contributed by atoms with Crippen LogP contribution in [-0.2, 0) is 6.54 Å². The van der Waals surface area contributed by atoms with Crippen LogP contribution in [0.1, 0.15) is 46.0 Å². The maximum atomic E-state index is 12.8. The standard InChI is InChI=1S/C25H25BrN2O3/c1-2-3-15-31-23-14-13-19(16-21(23)26)24(29)28-22-12-8-7-11-20(22)25(30)27-17-18-9-5-4-6-10-18/h4-14,16H,2-3,15,17H2,1H3,(H,27,30)(H,28,29). The third-order valence-electron chi connectivity index (χ3n) is 4.67. The van der Waals surface area contributed by atoms with E-state index in [1.807, 2.05) is 30.3 Å². The van der Waals surface area contributed by atoms with Crippen molar-refractivity contribution in [2.45, 2.75) is 26.3 Å². The second-order valence-corrected chi connectivity index (χ2v) is 7.87. The third-order valence-corrected chi connectivity index (χ3v) is 5.29. The Morgan fingerprint density at radius 3 is 2.42 bits per heavy atom. The Balaban J connectivity index is 1.68. The van der Waals surface area contributed by atoms with Gasteiger partial charge in [0.05, 0.1) is 22.3 Å². The van der Waals surface area contributed by atoms with Gasteiger partial charge in [0.2, 0.25) is 0 Å². The molecule has 0 atom stereocenters. The number of hydrogen-bond acceptors (Lipinski definition) is 3. The number of carbonyl (C=O) groups excluding carboxylic acids is 2. The molecule has 0 aromatic heterocycles. The summed E-state index contributed by atoms with van der Waals surface area (Å²) in [5.41, 5.74) is 2.33. The van der Waals surface area contributed by atoms with Crippen LogP contribution in [0.4, 0.5) is 5.69 Å². The maximum Gasteiger partial charge on any atom is 0.255 e. The summed E-state index contributed by atoms with van der Waals surface area (Å²) in [6.45, 7) is 3.14. The monoisotopic (exact) mass is 480 g/mol. The van der Waals surface area contributed by atoms with Gasteiger partial charge in [0.15, 0.2) is 0 Å². The van der Waals surface area contributed by atoms with E-state index in [2.05, 4.69) is 33.5 Å². The second-order valence-electron chi connectivity index (χ2n) is 7.02. The number of nitrogens with one attached hydrogen (secondary N) is 2. The molecule has 0 saturated heterocycles. The smallest absolute Gasteiger partial charge is 0.255 e. The molecule has 160 valence electrons. The Labute approximate surface area is 191 Å². The van der Waals surface area contributed by atoms with Crippen LogP contribution >= 0.6 is 15.9 Å². The highest BCUT2D eigenvalue weighted by atomic mass is 79.9. The van der Waals surface area contributed by atoms with Crippen molar-refractivity contribution in [3.8, 4) is 5.75 Å². The Bertz CT molecular complexity index is 1040. The van der Waals surface area contributed by atoms with E-state index in [1.54, 1.807) is 42.5 Å². The molecule has 3 rings (SSSR count). The molecule has 0 bridgehead atoms. The van der Waals surface area contributed by atoms with E-state index in [4.69, 9.17) is 4.74 Å². The number of rotatable bonds is 9. The van der Waals surface area contributed by atoms with Crippen LogP contribution in [-0.4, -0.2) is 18.4 Å². The molecule has 0 unspecified atom stereocenters. The molecule has 0 spiro atoms. The van der Waals surface area contributed by atoms with E-state index >= 15 is 0 Å². The number of anilines is 1. The van der Waals surface area contributed by atoms with Crippen molar-refractivity contribution in [1.82, 2.24) is 5.32 Å². The fourth-order valence-electron chi connectivity index (χ4n) is 2.94. The van der Waals surface area contributed by atoms with Gasteiger partial charge in [-0.3, -0.25) is 9.59 Å². The highest BCUT2D eigenvalue weighted by Crippen LogP contribution is 2.27. The lowest BCUT2D eigenvalue weighted by atomic mass is 10.1. The average molecular weight is 481 g/mol. The topological polar surface area (TPSA) is 67.4 Å². The van der Waals surface area contributed by atoms with E-state index < -0.39 is 0 Å². The highest BCUT2D eigenvalue weighted by molar-refractivity contribution is 9.10. The van der Waals surface area contributed by atoms with Crippen molar-refractivity contribution < 1.29 is 14.3 Å². The summed E-state index contributed by atoms with van der Waals surface area (Å²) in [5.74, 6) is 0.149. The molecule has 0 aliphatic heterocycles. The summed E-state index contributed by atoms with van der Waals surface area (Å²) < 4.78 is 6.43. The van der Waals surface area contributed by atoms with E-state index in [1.165, 1.54) is 0 Å². The number of carbonyl (C=O) groups is 2. The molecule has 2 N–H and O–H groups in total. The zero-order valence-electron chi connectivity index (χ0n) is 17.4. The first-order chi connectivity index (χ1) is 15.1. The SMILES string of the molecule is CCCCOc1ccc(C(=O)Nc2ccccc2C(=O)NCc2ccccc2)cc1Br. The quantitative estimate of drug-likeness (QED) is 0.379. The minimum absolute atomic E-state index is 0.249. The lowest BCUT2D eigenvalue weighted by molar-refractivity contribution is 0.0952.